The second-order valence-electron chi connectivity index (χ2n) is 6.75. The maximum absolute atomic E-state index is 9.76. The number of carbonyl (C=O) groups excluding carboxylic acids is 1. The second-order valence-corrected chi connectivity index (χ2v) is 6.75. The Kier molecular flexibility index (Phi) is 9.39. The highest BCUT2D eigenvalue weighted by atomic mass is 16.5. The van der Waals surface area contributed by atoms with Crippen LogP contribution >= 0.6 is 0 Å². The number of nitrogens with zero attached hydrogens (tertiary/aromatic N) is 4. The molecular formula is C21H27N5O3. The van der Waals surface area contributed by atoms with Gasteiger partial charge in [0, 0.05) is 6.54 Å². The minimum absolute atomic E-state index is 0.265. The summed E-state index contributed by atoms with van der Waals surface area (Å²) in [7, 11) is 3.69. The van der Waals surface area contributed by atoms with Gasteiger partial charge >= 0.3 is 0 Å². The minimum atomic E-state index is 0.265. The predicted octanol–water partition coefficient (Wildman–Crippen LogP) is 2.47. The van der Waals surface area contributed by atoms with Crippen LogP contribution < -0.4 is 10.1 Å². The molecule has 2 heterocycles. The molecular weight excluding hydrogens is 370 g/mol. The summed E-state index contributed by atoms with van der Waals surface area (Å²) in [6, 6.07) is 11.5. The fourth-order valence-electron chi connectivity index (χ4n) is 2.90. The summed E-state index contributed by atoms with van der Waals surface area (Å²) in [5.41, 5.74) is 1.27. The molecule has 0 unspecified atom stereocenters. The Balaban J connectivity index is 0.000000253. The van der Waals surface area contributed by atoms with Crippen molar-refractivity contribution in [1.82, 2.24) is 14.9 Å². The second kappa shape index (κ2) is 12.3. The molecule has 0 spiro atoms. The van der Waals surface area contributed by atoms with Crippen molar-refractivity contribution in [2.45, 2.75) is 19.4 Å². The first-order valence-corrected chi connectivity index (χ1v) is 9.49. The van der Waals surface area contributed by atoms with E-state index in [0.29, 0.717) is 30.7 Å². The molecule has 8 heteroatoms. The van der Waals surface area contributed by atoms with E-state index in [2.05, 4.69) is 32.0 Å². The number of nitriles is 1. The Bertz CT molecular complexity index is 787. The molecule has 154 valence electrons. The van der Waals surface area contributed by atoms with Crippen molar-refractivity contribution < 1.29 is 14.3 Å². The number of likely N-dealkylation sites (tertiary alicyclic amines) is 1. The Hall–Kier alpha value is -3.18. The summed E-state index contributed by atoms with van der Waals surface area (Å²) < 4.78 is 9.69. The van der Waals surface area contributed by atoms with Crippen LogP contribution in [0.25, 0.3) is 0 Å². The lowest BCUT2D eigenvalue weighted by Crippen LogP contribution is -2.33. The van der Waals surface area contributed by atoms with Crippen molar-refractivity contribution in [1.29, 1.82) is 5.26 Å². The van der Waals surface area contributed by atoms with Gasteiger partial charge in [0.2, 0.25) is 0 Å². The van der Waals surface area contributed by atoms with Crippen molar-refractivity contribution in [3.63, 3.8) is 0 Å². The molecule has 1 aromatic carbocycles. The van der Waals surface area contributed by atoms with Crippen LogP contribution in [-0.2, 0) is 16.1 Å². The highest BCUT2D eigenvalue weighted by Crippen LogP contribution is 2.21. The Morgan fingerprint density at radius 1 is 1.31 bits per heavy atom. The molecule has 1 aliphatic heterocycles. The lowest BCUT2D eigenvalue weighted by Gasteiger charge is -2.29. The minimum Gasteiger partial charge on any atom is -0.478 e. The van der Waals surface area contributed by atoms with Gasteiger partial charge in [-0.05, 0) is 44.5 Å². The summed E-state index contributed by atoms with van der Waals surface area (Å²) in [6.45, 7) is 3.97. The average Bonchev–Trinajstić information content (AvgIpc) is 2.78. The van der Waals surface area contributed by atoms with Crippen molar-refractivity contribution in [2.24, 2.45) is 5.92 Å². The first kappa shape index (κ1) is 22.1. The highest BCUT2D eigenvalue weighted by molar-refractivity contribution is 5.46. The summed E-state index contributed by atoms with van der Waals surface area (Å²) in [6.07, 6.45) is 3.84. The van der Waals surface area contributed by atoms with Crippen molar-refractivity contribution in [3.8, 4) is 11.9 Å². The van der Waals surface area contributed by atoms with Crippen LogP contribution in [0.3, 0.4) is 0 Å². The van der Waals surface area contributed by atoms with Crippen LogP contribution in [0.1, 0.15) is 24.1 Å². The van der Waals surface area contributed by atoms with E-state index in [0.717, 1.165) is 25.2 Å². The zero-order valence-electron chi connectivity index (χ0n) is 16.9. The molecule has 29 heavy (non-hydrogen) atoms. The van der Waals surface area contributed by atoms with Crippen LogP contribution in [0.5, 0.6) is 5.88 Å². The normalized spacial score (nSPS) is 14.1. The number of aromatic nitrogens is 2. The first-order chi connectivity index (χ1) is 14.2. The maximum Gasteiger partial charge on any atom is 0.293 e. The Labute approximate surface area is 171 Å². The number of piperidine rings is 1. The molecule has 1 aliphatic rings. The Morgan fingerprint density at radius 3 is 2.66 bits per heavy atom. The fraction of sp³-hybridized carbons (Fsp3) is 0.429. The number of hydrogen-bond donors (Lipinski definition) is 1. The molecule has 0 atom stereocenters. The number of nitrogens with one attached hydrogen (secondary N) is 1. The van der Waals surface area contributed by atoms with Gasteiger partial charge in [-0.2, -0.15) is 10.2 Å². The summed E-state index contributed by atoms with van der Waals surface area (Å²) in [4.78, 5) is 20.4. The summed E-state index contributed by atoms with van der Waals surface area (Å²) in [5.74, 6) is 1.64. The quantitative estimate of drug-likeness (QED) is 0.711. The monoisotopic (exact) mass is 397 g/mol. The van der Waals surface area contributed by atoms with Gasteiger partial charge in [-0.25, -0.2) is 4.98 Å². The number of methoxy groups -OCH3 is 1. The topological polar surface area (TPSA) is 100 Å². The standard InChI is InChI=1S/C13H19N5O.C8H8O2/c1-18-5-3-10(4-6-18)8-15-12-13(19-2)17-11(7-14)9-16-12;9-7-10-6-8-4-2-1-3-5-8/h9-10H,3-6,8H2,1-2H3,(H,15,16);1-5,7H,6H2. The molecule has 2 aromatic rings. The third-order valence-corrected chi connectivity index (χ3v) is 4.61. The fourth-order valence-corrected chi connectivity index (χ4v) is 2.90. The smallest absolute Gasteiger partial charge is 0.293 e. The predicted molar refractivity (Wildman–Crippen MR) is 109 cm³/mol. The lowest BCUT2D eigenvalue weighted by molar-refractivity contribution is -0.129. The first-order valence-electron chi connectivity index (χ1n) is 9.49. The number of carbonyl (C=O) groups is 1. The van der Waals surface area contributed by atoms with Crippen LogP contribution in [0.2, 0.25) is 0 Å². The molecule has 0 radical (unpaired) electrons. The van der Waals surface area contributed by atoms with Gasteiger partial charge in [0.1, 0.15) is 12.7 Å². The average molecular weight is 397 g/mol. The maximum atomic E-state index is 9.76. The highest BCUT2D eigenvalue weighted by Gasteiger charge is 2.17. The van der Waals surface area contributed by atoms with Gasteiger partial charge in [0.05, 0.1) is 13.3 Å². The number of ether oxygens (including phenoxy) is 2. The summed E-state index contributed by atoms with van der Waals surface area (Å²) >= 11 is 0. The zero-order chi connectivity index (χ0) is 20.9. The Morgan fingerprint density at radius 2 is 2.03 bits per heavy atom. The molecule has 1 saturated heterocycles. The number of anilines is 1. The van der Waals surface area contributed by atoms with Crippen LogP contribution in [0, 0.1) is 17.2 Å². The van der Waals surface area contributed by atoms with Gasteiger partial charge in [-0.15, -0.1) is 0 Å². The molecule has 8 nitrogen and oxygen atoms in total. The van der Waals surface area contributed by atoms with E-state index in [-0.39, 0.29) is 5.69 Å². The molecule has 1 N–H and O–H groups in total. The van der Waals surface area contributed by atoms with E-state index in [1.807, 2.05) is 36.4 Å². The molecule has 0 amide bonds. The van der Waals surface area contributed by atoms with Crippen LogP contribution in [0.4, 0.5) is 5.82 Å². The van der Waals surface area contributed by atoms with E-state index in [1.54, 1.807) is 0 Å². The molecule has 0 aliphatic carbocycles. The van der Waals surface area contributed by atoms with Crippen molar-refractivity contribution in [3.05, 3.63) is 47.8 Å². The lowest BCUT2D eigenvalue weighted by atomic mass is 9.97. The molecule has 1 aromatic heterocycles. The molecule has 1 fully saturated rings. The van der Waals surface area contributed by atoms with Gasteiger partial charge in [-0.1, -0.05) is 30.3 Å². The number of rotatable bonds is 7. The van der Waals surface area contributed by atoms with Gasteiger partial charge in [0.25, 0.3) is 12.4 Å². The van der Waals surface area contributed by atoms with E-state index >= 15 is 0 Å². The van der Waals surface area contributed by atoms with E-state index < -0.39 is 0 Å². The summed E-state index contributed by atoms with van der Waals surface area (Å²) in [5, 5.41) is 12.0. The van der Waals surface area contributed by atoms with Gasteiger partial charge in [-0.3, -0.25) is 4.79 Å². The van der Waals surface area contributed by atoms with E-state index in [4.69, 9.17) is 10.00 Å². The molecule has 0 bridgehead atoms. The largest absolute Gasteiger partial charge is 0.478 e. The third kappa shape index (κ3) is 7.76. The van der Waals surface area contributed by atoms with E-state index in [1.165, 1.54) is 26.1 Å². The zero-order valence-corrected chi connectivity index (χ0v) is 16.9. The van der Waals surface area contributed by atoms with Gasteiger partial charge in [0.15, 0.2) is 11.5 Å². The van der Waals surface area contributed by atoms with Crippen LogP contribution in [-0.4, -0.2) is 55.1 Å². The van der Waals surface area contributed by atoms with Crippen LogP contribution in [0.15, 0.2) is 36.5 Å². The van der Waals surface area contributed by atoms with Crippen molar-refractivity contribution >= 4 is 12.3 Å². The SMILES string of the molecule is COc1nc(C#N)cnc1NCC1CCN(C)CC1.O=COCc1ccccc1. The van der Waals surface area contributed by atoms with Crippen molar-refractivity contribution in [2.75, 3.05) is 39.1 Å². The molecule has 0 saturated carbocycles. The van der Waals surface area contributed by atoms with Gasteiger partial charge < -0.3 is 19.7 Å². The number of hydrogen-bond acceptors (Lipinski definition) is 8. The molecule has 3 rings (SSSR count). The number of benzene rings is 1. The van der Waals surface area contributed by atoms with E-state index in [9.17, 15) is 4.79 Å². The third-order valence-electron chi connectivity index (χ3n) is 4.61.